The van der Waals surface area contributed by atoms with Crippen molar-refractivity contribution in [3.63, 3.8) is 0 Å². The number of imide groups is 1. The number of Topliss-reactive ketones (excluding diaryl/α,β-unsaturated/α-hetero) is 1. The van der Waals surface area contributed by atoms with Crippen LogP contribution in [0.4, 0.5) is 5.69 Å². The van der Waals surface area contributed by atoms with Crippen LogP contribution in [0.15, 0.2) is 34.4 Å². The molecule has 0 unspecified atom stereocenters. The fourth-order valence-corrected chi connectivity index (χ4v) is 2.37. The Bertz CT molecular complexity index is 654. The van der Waals surface area contributed by atoms with Crippen molar-refractivity contribution in [3.8, 4) is 0 Å². The number of carbonyl (C=O) groups excluding carboxylic acids is 3. The third-order valence-corrected chi connectivity index (χ3v) is 3.63. The number of nitrogens with one attached hydrogen (secondary N) is 1. The smallest absolute Gasteiger partial charge is 0.277 e. The molecule has 2 rings (SSSR count). The van der Waals surface area contributed by atoms with E-state index in [-0.39, 0.29) is 24.6 Å². The van der Waals surface area contributed by atoms with E-state index in [1.807, 2.05) is 0 Å². The number of hydrogen-bond donors (Lipinski definition) is 2. The maximum absolute atomic E-state index is 12.0. The van der Waals surface area contributed by atoms with Crippen LogP contribution in [0.1, 0.15) is 17.3 Å². The van der Waals surface area contributed by atoms with Gasteiger partial charge in [-0.3, -0.25) is 19.3 Å². The van der Waals surface area contributed by atoms with Gasteiger partial charge < -0.3 is 10.4 Å². The fourth-order valence-electron chi connectivity index (χ4n) is 1.89. The maximum atomic E-state index is 12.0. The number of ketones is 1. The minimum absolute atomic E-state index is 0.0379. The van der Waals surface area contributed by atoms with Gasteiger partial charge in [-0.15, -0.1) is 0 Å². The second-order valence-electron chi connectivity index (χ2n) is 4.45. The van der Waals surface area contributed by atoms with Crippen molar-refractivity contribution in [2.75, 3.05) is 18.5 Å². The predicted octanol–water partition coefficient (Wildman–Crippen LogP) is 1.31. The maximum Gasteiger partial charge on any atom is 0.277 e. The molecular weight excluding hydrogens is 340 g/mol. The Morgan fingerprint density at radius 1 is 1.38 bits per heavy atom. The fraction of sp³-hybridized carbons (Fsp3) is 0.214. The zero-order valence-electron chi connectivity index (χ0n) is 11.2. The third-order valence-electron chi connectivity index (χ3n) is 2.98. The van der Waals surface area contributed by atoms with Gasteiger partial charge in [0.05, 0.1) is 18.8 Å². The van der Waals surface area contributed by atoms with Gasteiger partial charge in [0.25, 0.3) is 11.8 Å². The number of anilines is 1. The molecule has 1 aromatic rings. The lowest BCUT2D eigenvalue weighted by Gasteiger charge is -2.14. The van der Waals surface area contributed by atoms with Crippen LogP contribution in [0.5, 0.6) is 0 Å². The summed E-state index contributed by atoms with van der Waals surface area (Å²) in [5.74, 6) is -1.02. The highest BCUT2D eigenvalue weighted by atomic mass is 79.9. The summed E-state index contributed by atoms with van der Waals surface area (Å²) in [6.45, 7) is 1.14. The molecule has 1 heterocycles. The molecule has 21 heavy (non-hydrogen) atoms. The van der Waals surface area contributed by atoms with Crippen molar-refractivity contribution in [2.45, 2.75) is 6.92 Å². The van der Waals surface area contributed by atoms with Gasteiger partial charge in [-0.1, -0.05) is 0 Å². The monoisotopic (exact) mass is 352 g/mol. The van der Waals surface area contributed by atoms with Crippen LogP contribution >= 0.6 is 15.9 Å². The average Bonchev–Trinajstić information content (AvgIpc) is 2.69. The highest BCUT2D eigenvalue weighted by Gasteiger charge is 2.30. The molecule has 0 spiro atoms. The molecule has 0 saturated carbocycles. The number of rotatable bonds is 5. The minimum atomic E-state index is -0.489. The van der Waals surface area contributed by atoms with Crippen LogP contribution in [0.2, 0.25) is 0 Å². The number of β-amino-alcohol motifs (C(OH)–C–C–N with tert-alkyl or cyclic N) is 1. The molecule has 0 radical (unpaired) electrons. The first-order valence-electron chi connectivity index (χ1n) is 6.20. The molecule has 0 bridgehead atoms. The Labute approximate surface area is 129 Å². The van der Waals surface area contributed by atoms with E-state index in [1.165, 1.54) is 13.0 Å². The normalized spacial score (nSPS) is 14.4. The summed E-state index contributed by atoms with van der Waals surface area (Å²) >= 11 is 3.31. The topological polar surface area (TPSA) is 86.7 Å². The Balaban J connectivity index is 2.20. The molecule has 0 saturated heterocycles. The van der Waals surface area contributed by atoms with Crippen molar-refractivity contribution in [3.05, 3.63) is 40.0 Å². The molecule has 0 atom stereocenters. The van der Waals surface area contributed by atoms with Crippen LogP contribution in [-0.2, 0) is 9.59 Å². The number of carbonyl (C=O) groups is 3. The first kappa shape index (κ1) is 15.4. The number of aliphatic hydroxyl groups is 1. The number of amides is 2. The van der Waals surface area contributed by atoms with Crippen LogP contribution in [0.25, 0.3) is 0 Å². The second kappa shape index (κ2) is 6.19. The first-order chi connectivity index (χ1) is 9.93. The van der Waals surface area contributed by atoms with Gasteiger partial charge in [0.15, 0.2) is 5.78 Å². The first-order valence-corrected chi connectivity index (χ1v) is 6.99. The molecule has 1 aromatic carbocycles. The Hall–Kier alpha value is -1.99. The zero-order valence-corrected chi connectivity index (χ0v) is 12.8. The number of hydrogen-bond acceptors (Lipinski definition) is 5. The lowest BCUT2D eigenvalue weighted by Crippen LogP contribution is -2.34. The Morgan fingerprint density at radius 2 is 2.10 bits per heavy atom. The van der Waals surface area contributed by atoms with Crippen LogP contribution < -0.4 is 5.32 Å². The predicted molar refractivity (Wildman–Crippen MR) is 79.7 cm³/mol. The summed E-state index contributed by atoms with van der Waals surface area (Å²) in [4.78, 5) is 35.9. The number of benzene rings is 1. The van der Waals surface area contributed by atoms with Crippen molar-refractivity contribution in [1.29, 1.82) is 0 Å². The van der Waals surface area contributed by atoms with Crippen LogP contribution in [0, 0.1) is 0 Å². The van der Waals surface area contributed by atoms with Crippen molar-refractivity contribution < 1.29 is 19.5 Å². The van der Waals surface area contributed by atoms with E-state index >= 15 is 0 Å². The quantitative estimate of drug-likeness (QED) is 0.616. The number of aliphatic hydroxyl groups excluding tert-OH is 1. The highest BCUT2D eigenvalue weighted by molar-refractivity contribution is 9.10. The average molecular weight is 353 g/mol. The van der Waals surface area contributed by atoms with Gasteiger partial charge in [-0.2, -0.15) is 0 Å². The summed E-state index contributed by atoms with van der Waals surface area (Å²) < 4.78 is 0.608. The molecule has 0 aromatic heterocycles. The molecular formula is C14H13BrN2O4. The van der Waals surface area contributed by atoms with Gasteiger partial charge in [0.2, 0.25) is 0 Å². The van der Waals surface area contributed by atoms with Crippen molar-refractivity contribution in [1.82, 2.24) is 4.90 Å². The van der Waals surface area contributed by atoms with Crippen LogP contribution in [-0.4, -0.2) is 40.8 Å². The van der Waals surface area contributed by atoms with E-state index in [1.54, 1.807) is 18.2 Å². The van der Waals surface area contributed by atoms with E-state index in [0.717, 1.165) is 4.90 Å². The lowest BCUT2D eigenvalue weighted by atomic mass is 10.1. The molecule has 6 nitrogen and oxygen atoms in total. The molecule has 1 aliphatic heterocycles. The Morgan fingerprint density at radius 3 is 2.67 bits per heavy atom. The molecule has 2 amide bonds. The summed E-state index contributed by atoms with van der Waals surface area (Å²) in [5.41, 5.74) is 1.24. The van der Waals surface area contributed by atoms with Gasteiger partial charge in [0.1, 0.15) is 5.70 Å². The van der Waals surface area contributed by atoms with E-state index in [4.69, 9.17) is 5.11 Å². The summed E-state index contributed by atoms with van der Waals surface area (Å²) in [7, 11) is 0. The van der Waals surface area contributed by atoms with E-state index in [2.05, 4.69) is 21.2 Å². The molecule has 110 valence electrons. The van der Waals surface area contributed by atoms with Gasteiger partial charge in [-0.05, 0) is 41.1 Å². The highest BCUT2D eigenvalue weighted by Crippen LogP contribution is 2.26. The summed E-state index contributed by atoms with van der Waals surface area (Å²) in [6, 6.07) is 4.91. The molecule has 2 N–H and O–H groups in total. The molecule has 0 fully saturated rings. The van der Waals surface area contributed by atoms with E-state index < -0.39 is 11.8 Å². The van der Waals surface area contributed by atoms with Crippen molar-refractivity contribution in [2.24, 2.45) is 0 Å². The lowest BCUT2D eigenvalue weighted by molar-refractivity contribution is -0.137. The van der Waals surface area contributed by atoms with E-state index in [9.17, 15) is 14.4 Å². The molecule has 7 heteroatoms. The zero-order chi connectivity index (χ0) is 15.6. The van der Waals surface area contributed by atoms with Gasteiger partial charge in [-0.25, -0.2) is 0 Å². The molecule has 1 aliphatic rings. The largest absolute Gasteiger partial charge is 0.395 e. The Kier molecular flexibility index (Phi) is 4.54. The van der Waals surface area contributed by atoms with E-state index in [0.29, 0.717) is 15.7 Å². The number of nitrogens with zero attached hydrogens (tertiary/aromatic N) is 1. The summed E-state index contributed by atoms with van der Waals surface area (Å²) in [6.07, 6.45) is 1.18. The van der Waals surface area contributed by atoms with Gasteiger partial charge >= 0.3 is 0 Å². The number of halogens is 1. The van der Waals surface area contributed by atoms with Gasteiger partial charge in [0, 0.05) is 16.1 Å². The second-order valence-corrected chi connectivity index (χ2v) is 5.31. The molecule has 0 aliphatic carbocycles. The third kappa shape index (κ3) is 3.20. The van der Waals surface area contributed by atoms with Crippen LogP contribution in [0.3, 0.4) is 0 Å². The standard InChI is InChI=1S/C14H13BrN2O4/c1-8(19)9-2-3-11(10(15)6-9)16-12-7-13(20)17(4-5-18)14(12)21/h2-3,6-7,16,18H,4-5H2,1H3. The summed E-state index contributed by atoms with van der Waals surface area (Å²) in [5, 5.41) is 11.7. The minimum Gasteiger partial charge on any atom is -0.395 e. The SMILES string of the molecule is CC(=O)c1ccc(NC2=CC(=O)N(CCO)C2=O)c(Br)c1. The van der Waals surface area contributed by atoms with Crippen molar-refractivity contribution >= 4 is 39.2 Å².